The predicted octanol–water partition coefficient (Wildman–Crippen LogP) is 6.13. The van der Waals surface area contributed by atoms with Crippen molar-refractivity contribution in [1.29, 1.82) is 0 Å². The maximum Gasteiger partial charge on any atom is 0.192 e. The van der Waals surface area contributed by atoms with Gasteiger partial charge in [0, 0.05) is 36.5 Å². The van der Waals surface area contributed by atoms with E-state index in [1.807, 2.05) is 42.2 Å². The van der Waals surface area contributed by atoms with E-state index in [2.05, 4.69) is 43.7 Å². The fourth-order valence-electron chi connectivity index (χ4n) is 5.48. The molecule has 7 heteroatoms. The van der Waals surface area contributed by atoms with Crippen molar-refractivity contribution < 1.29 is 14.3 Å². The summed E-state index contributed by atoms with van der Waals surface area (Å²) in [6, 6.07) is 8.08. The summed E-state index contributed by atoms with van der Waals surface area (Å²) in [5, 5.41) is 12.8. The summed E-state index contributed by atoms with van der Waals surface area (Å²) in [5.41, 5.74) is 1.88. The number of pyridine rings is 1. The molecule has 3 aliphatic rings. The Kier molecular flexibility index (Phi) is 8.53. The van der Waals surface area contributed by atoms with Crippen molar-refractivity contribution >= 4 is 31.0 Å². The monoisotopic (exact) mass is 516 g/mol. The van der Waals surface area contributed by atoms with E-state index in [0.29, 0.717) is 5.92 Å². The molecule has 2 bridgehead atoms. The molecule has 4 heterocycles. The lowest BCUT2D eigenvalue weighted by Crippen LogP contribution is -2.55. The lowest BCUT2D eigenvalue weighted by Gasteiger charge is -2.51. The van der Waals surface area contributed by atoms with Crippen LogP contribution in [-0.4, -0.2) is 67.7 Å². The third-order valence-electron chi connectivity index (χ3n) is 8.73. The molecular formula is C28H44N2O3SSi. The average Bonchev–Trinajstić information content (AvgIpc) is 2.84. The second-order valence-corrected chi connectivity index (χ2v) is 17.9. The van der Waals surface area contributed by atoms with E-state index in [1.165, 1.54) is 18.6 Å². The molecule has 0 spiro atoms. The lowest BCUT2D eigenvalue weighted by molar-refractivity contribution is -0.0559. The van der Waals surface area contributed by atoms with Crippen molar-refractivity contribution in [3.63, 3.8) is 0 Å². The highest BCUT2D eigenvalue weighted by Gasteiger charge is 2.43. The summed E-state index contributed by atoms with van der Waals surface area (Å²) in [6.45, 7) is 14.7. The van der Waals surface area contributed by atoms with Crippen LogP contribution >= 0.6 is 11.8 Å². The third-order valence-corrected chi connectivity index (χ3v) is 14.2. The van der Waals surface area contributed by atoms with Crippen LogP contribution in [0.2, 0.25) is 18.1 Å². The van der Waals surface area contributed by atoms with Crippen LogP contribution in [0.3, 0.4) is 0 Å². The quantitative estimate of drug-likeness (QED) is 0.303. The summed E-state index contributed by atoms with van der Waals surface area (Å²) in [4.78, 5) is 7.04. The molecule has 0 aliphatic carbocycles. The summed E-state index contributed by atoms with van der Waals surface area (Å²) in [7, 11) is 0.0476. The number of hydrogen-bond donors (Lipinski definition) is 1. The summed E-state index contributed by atoms with van der Waals surface area (Å²) in [5.74, 6) is 4.56. The van der Waals surface area contributed by atoms with Crippen molar-refractivity contribution in [2.75, 3.05) is 38.3 Å². The van der Waals surface area contributed by atoms with E-state index in [-0.39, 0.29) is 11.1 Å². The molecule has 2 aromatic rings. The Labute approximate surface area is 217 Å². The molecule has 0 saturated carbocycles. The van der Waals surface area contributed by atoms with Gasteiger partial charge in [0.15, 0.2) is 8.32 Å². The van der Waals surface area contributed by atoms with Gasteiger partial charge < -0.3 is 14.3 Å². The summed E-state index contributed by atoms with van der Waals surface area (Å²) in [6.07, 6.45) is 4.93. The minimum Gasteiger partial charge on any atom is -0.497 e. The Balaban J connectivity index is 1.29. The molecule has 0 radical (unpaired) electrons. The van der Waals surface area contributed by atoms with Gasteiger partial charge in [-0.3, -0.25) is 9.88 Å². The maximum atomic E-state index is 11.5. The highest BCUT2D eigenvalue weighted by atomic mass is 32.2. The van der Waals surface area contributed by atoms with Crippen LogP contribution in [0.5, 0.6) is 5.75 Å². The maximum absolute atomic E-state index is 11.5. The Morgan fingerprint density at radius 2 is 2.03 bits per heavy atom. The first-order valence-corrected chi connectivity index (χ1v) is 17.2. The van der Waals surface area contributed by atoms with Crippen molar-refractivity contribution in [2.24, 2.45) is 11.8 Å². The molecule has 35 heavy (non-hydrogen) atoms. The Bertz CT molecular complexity index is 996. The Morgan fingerprint density at radius 1 is 1.23 bits per heavy atom. The number of hydrogen-bond acceptors (Lipinski definition) is 6. The van der Waals surface area contributed by atoms with Crippen LogP contribution < -0.4 is 4.74 Å². The molecule has 0 amide bonds. The normalized spacial score (nSPS) is 25.7. The molecule has 3 unspecified atom stereocenters. The number of piperidine rings is 3. The first-order chi connectivity index (χ1) is 16.6. The molecule has 1 aromatic heterocycles. The molecule has 5 atom stereocenters. The highest BCUT2D eigenvalue weighted by Crippen LogP contribution is 2.43. The number of aromatic nitrogens is 1. The molecular weight excluding hydrogens is 472 g/mol. The van der Waals surface area contributed by atoms with Crippen LogP contribution in [0, 0.1) is 11.8 Å². The van der Waals surface area contributed by atoms with E-state index in [9.17, 15) is 5.11 Å². The van der Waals surface area contributed by atoms with Gasteiger partial charge in [0.2, 0.25) is 0 Å². The van der Waals surface area contributed by atoms with Gasteiger partial charge >= 0.3 is 0 Å². The van der Waals surface area contributed by atoms with Gasteiger partial charge in [-0.25, -0.2) is 0 Å². The molecule has 1 N–H and O–H groups in total. The molecule has 3 aliphatic heterocycles. The molecule has 3 saturated heterocycles. The van der Waals surface area contributed by atoms with E-state index >= 15 is 0 Å². The number of nitrogens with zero attached hydrogens (tertiary/aromatic N) is 2. The zero-order valence-electron chi connectivity index (χ0n) is 22.4. The second kappa shape index (κ2) is 11.1. The highest BCUT2D eigenvalue weighted by molar-refractivity contribution is 7.99. The first-order valence-electron chi connectivity index (χ1n) is 13.2. The first kappa shape index (κ1) is 26.9. The second-order valence-electron chi connectivity index (χ2n) is 11.8. The van der Waals surface area contributed by atoms with E-state index < -0.39 is 14.4 Å². The number of fused-ring (bicyclic) bond motifs is 4. The number of methoxy groups -OCH3 is 1. The zero-order valence-corrected chi connectivity index (χ0v) is 24.2. The van der Waals surface area contributed by atoms with Crippen LogP contribution in [0.4, 0.5) is 0 Å². The van der Waals surface area contributed by atoms with Crippen LogP contribution in [-0.2, 0) is 4.43 Å². The van der Waals surface area contributed by atoms with Gasteiger partial charge in [-0.1, -0.05) is 20.8 Å². The van der Waals surface area contributed by atoms with Gasteiger partial charge in [0.1, 0.15) is 5.75 Å². The van der Waals surface area contributed by atoms with Crippen molar-refractivity contribution in [1.82, 2.24) is 9.88 Å². The molecule has 194 valence electrons. The van der Waals surface area contributed by atoms with Gasteiger partial charge in [0.05, 0.1) is 18.7 Å². The smallest absolute Gasteiger partial charge is 0.192 e. The Morgan fingerprint density at radius 3 is 2.71 bits per heavy atom. The van der Waals surface area contributed by atoms with Gasteiger partial charge in [-0.15, -0.1) is 0 Å². The lowest BCUT2D eigenvalue weighted by atomic mass is 9.72. The van der Waals surface area contributed by atoms with Crippen LogP contribution in [0.1, 0.15) is 51.7 Å². The summed E-state index contributed by atoms with van der Waals surface area (Å²) >= 11 is 2.04. The number of benzene rings is 1. The van der Waals surface area contributed by atoms with Gasteiger partial charge in [0.25, 0.3) is 0 Å². The predicted molar refractivity (Wildman–Crippen MR) is 150 cm³/mol. The topological polar surface area (TPSA) is 54.8 Å². The number of thioether (sulfide) groups is 1. The molecule has 5 rings (SSSR count). The van der Waals surface area contributed by atoms with E-state index in [0.717, 1.165) is 60.0 Å². The fraction of sp³-hybridized carbons (Fsp3) is 0.679. The third kappa shape index (κ3) is 6.07. The molecule has 3 fully saturated rings. The minimum absolute atomic E-state index is 0.187. The van der Waals surface area contributed by atoms with E-state index in [1.54, 1.807) is 7.11 Å². The van der Waals surface area contributed by atoms with Gasteiger partial charge in [-0.2, -0.15) is 11.8 Å². The Hall–Kier alpha value is -1.12. The summed E-state index contributed by atoms with van der Waals surface area (Å²) < 4.78 is 11.8. The van der Waals surface area contributed by atoms with Crippen LogP contribution in [0.25, 0.3) is 10.9 Å². The van der Waals surface area contributed by atoms with Crippen molar-refractivity contribution in [3.05, 3.63) is 36.0 Å². The number of aliphatic hydroxyl groups is 1. The van der Waals surface area contributed by atoms with Crippen molar-refractivity contribution in [3.8, 4) is 5.75 Å². The van der Waals surface area contributed by atoms with E-state index in [4.69, 9.17) is 9.16 Å². The minimum atomic E-state index is -1.63. The number of aliphatic hydroxyl groups excluding tert-OH is 1. The molecule has 1 aromatic carbocycles. The fourth-order valence-corrected chi connectivity index (χ4v) is 7.55. The van der Waals surface area contributed by atoms with Crippen LogP contribution in [0.15, 0.2) is 30.5 Å². The van der Waals surface area contributed by atoms with Crippen molar-refractivity contribution in [2.45, 2.75) is 70.3 Å². The van der Waals surface area contributed by atoms with Gasteiger partial charge in [-0.05, 0) is 91.4 Å². The SMILES string of the molecule is COc1ccc2nccc([C@H](O)[C@H]3CC4CCN3CC4CCSCCO[Si](C)(C)C(C)(C)C)c2c1. The average molecular weight is 517 g/mol. The standard InChI is InChI=1S/C28H44N2O3SSi/c1-28(2,3)35(5,6)33-14-16-34-15-11-21-19-30-13-10-20(21)17-26(30)27(31)23-9-12-29-25-8-7-22(32-4)18-24(23)25/h7-9,12,18,20-21,26-27,31H,10-11,13-17,19H2,1-6H3/t20?,21?,26-,27+/m1/s1. The largest absolute Gasteiger partial charge is 0.497 e. The zero-order chi connectivity index (χ0) is 25.2. The number of ether oxygens (including phenoxy) is 1. The number of rotatable bonds is 10. The molecule has 5 nitrogen and oxygen atoms in total.